The smallest absolute Gasteiger partial charge is 0.213 e. The molecule has 112 valence electrons. The average Bonchev–Trinajstić information content (AvgIpc) is 2.87. The van der Waals surface area contributed by atoms with E-state index in [1.807, 2.05) is 30.3 Å². The van der Waals surface area contributed by atoms with Gasteiger partial charge in [-0.25, -0.2) is 13.6 Å². The summed E-state index contributed by atoms with van der Waals surface area (Å²) < 4.78 is 22.9. The fourth-order valence-electron chi connectivity index (χ4n) is 2.93. The van der Waals surface area contributed by atoms with Crippen LogP contribution in [0, 0.1) is 0 Å². The van der Waals surface area contributed by atoms with Crippen LogP contribution in [-0.2, 0) is 16.6 Å². The van der Waals surface area contributed by atoms with Gasteiger partial charge in [-0.1, -0.05) is 35.9 Å². The second-order valence-corrected chi connectivity index (χ2v) is 7.80. The maximum atomic E-state index is 11.4. The number of nitrogens with zero attached hydrogens (tertiary/aromatic N) is 1. The van der Waals surface area contributed by atoms with E-state index in [1.54, 1.807) is 0 Å². The molecule has 3 rings (SSSR count). The van der Waals surface area contributed by atoms with E-state index in [0.717, 1.165) is 22.9 Å². The zero-order valence-corrected chi connectivity index (χ0v) is 13.1. The third-order valence-electron chi connectivity index (χ3n) is 4.00. The van der Waals surface area contributed by atoms with E-state index in [-0.39, 0.29) is 0 Å². The number of benzene rings is 2. The van der Waals surface area contributed by atoms with Crippen LogP contribution in [0.4, 0.5) is 0 Å². The van der Waals surface area contributed by atoms with Crippen molar-refractivity contribution in [1.29, 1.82) is 0 Å². The molecule has 0 bridgehead atoms. The number of likely N-dealkylation sites (tertiary alicyclic amines) is 1. The van der Waals surface area contributed by atoms with Crippen LogP contribution in [0.25, 0.3) is 10.8 Å². The van der Waals surface area contributed by atoms with Crippen molar-refractivity contribution in [3.63, 3.8) is 0 Å². The van der Waals surface area contributed by atoms with Gasteiger partial charge in [-0.15, -0.1) is 0 Å². The van der Waals surface area contributed by atoms with E-state index in [4.69, 9.17) is 16.7 Å². The summed E-state index contributed by atoms with van der Waals surface area (Å²) in [6.07, 6.45) is 0.595. The summed E-state index contributed by atoms with van der Waals surface area (Å²) >= 11 is 6.18. The van der Waals surface area contributed by atoms with Gasteiger partial charge in [0.25, 0.3) is 0 Å². The molecule has 1 aliphatic heterocycles. The molecule has 1 aliphatic rings. The standard InChI is InChI=1S/C15H17ClN2O2S/c16-13-7-11-3-1-2-4-15(11)12(8-13)9-18-6-5-14(10-18)21(17,19)20/h1-4,7-8,14H,5-6,9-10H2,(H2,17,19,20). The van der Waals surface area contributed by atoms with Gasteiger partial charge in [0.1, 0.15) is 0 Å². The number of primary sulfonamides is 1. The van der Waals surface area contributed by atoms with Gasteiger partial charge in [0, 0.05) is 18.1 Å². The SMILES string of the molecule is NS(=O)(=O)C1CCN(Cc2cc(Cl)cc3ccccc23)C1. The molecule has 2 aromatic carbocycles. The fraction of sp³-hybridized carbons (Fsp3) is 0.333. The predicted octanol–water partition coefficient (Wildman–Crippen LogP) is 2.36. The van der Waals surface area contributed by atoms with Gasteiger partial charge < -0.3 is 0 Å². The lowest BCUT2D eigenvalue weighted by Gasteiger charge is -2.17. The van der Waals surface area contributed by atoms with Crippen molar-refractivity contribution in [3.05, 3.63) is 47.0 Å². The molecule has 1 unspecified atom stereocenters. The first-order valence-corrected chi connectivity index (χ1v) is 8.83. The molecule has 1 fully saturated rings. The summed E-state index contributed by atoms with van der Waals surface area (Å²) in [4.78, 5) is 2.12. The zero-order valence-electron chi connectivity index (χ0n) is 11.5. The number of halogens is 1. The van der Waals surface area contributed by atoms with Gasteiger partial charge in [-0.3, -0.25) is 4.90 Å². The Hall–Kier alpha value is -1.14. The van der Waals surface area contributed by atoms with Gasteiger partial charge in [0.15, 0.2) is 0 Å². The summed E-state index contributed by atoms with van der Waals surface area (Å²) in [6, 6.07) is 12.0. The number of fused-ring (bicyclic) bond motifs is 1. The van der Waals surface area contributed by atoms with Crippen molar-refractivity contribution in [2.24, 2.45) is 5.14 Å². The molecule has 0 aliphatic carbocycles. The number of hydrogen-bond donors (Lipinski definition) is 1. The van der Waals surface area contributed by atoms with Crippen molar-refractivity contribution in [1.82, 2.24) is 4.90 Å². The van der Waals surface area contributed by atoms with E-state index in [2.05, 4.69) is 11.0 Å². The average molecular weight is 325 g/mol. The minimum Gasteiger partial charge on any atom is -0.298 e. The van der Waals surface area contributed by atoms with E-state index >= 15 is 0 Å². The minimum atomic E-state index is -3.45. The molecule has 0 saturated carbocycles. The van der Waals surface area contributed by atoms with E-state index in [1.165, 1.54) is 0 Å². The maximum Gasteiger partial charge on any atom is 0.213 e. The van der Waals surface area contributed by atoms with Crippen molar-refractivity contribution in [3.8, 4) is 0 Å². The second kappa shape index (κ2) is 5.57. The van der Waals surface area contributed by atoms with Crippen molar-refractivity contribution >= 4 is 32.4 Å². The Morgan fingerprint density at radius 3 is 2.76 bits per heavy atom. The Bertz CT molecular complexity index is 776. The Balaban J connectivity index is 1.86. The van der Waals surface area contributed by atoms with Crippen LogP contribution in [0.2, 0.25) is 5.02 Å². The highest BCUT2D eigenvalue weighted by Gasteiger charge is 2.30. The Kier molecular flexibility index (Phi) is 3.92. The highest BCUT2D eigenvalue weighted by Crippen LogP contribution is 2.26. The third-order valence-corrected chi connectivity index (χ3v) is 5.53. The largest absolute Gasteiger partial charge is 0.298 e. The summed E-state index contributed by atoms with van der Waals surface area (Å²) in [5.74, 6) is 0. The van der Waals surface area contributed by atoms with Crippen LogP contribution in [-0.4, -0.2) is 31.7 Å². The lowest BCUT2D eigenvalue weighted by molar-refractivity contribution is 0.332. The van der Waals surface area contributed by atoms with E-state index in [9.17, 15) is 8.42 Å². The monoisotopic (exact) mass is 324 g/mol. The quantitative estimate of drug-likeness (QED) is 0.942. The van der Waals surface area contributed by atoms with E-state index in [0.29, 0.717) is 24.5 Å². The summed E-state index contributed by atoms with van der Waals surface area (Å²) in [6.45, 7) is 1.91. The highest BCUT2D eigenvalue weighted by molar-refractivity contribution is 7.89. The van der Waals surface area contributed by atoms with Crippen molar-refractivity contribution < 1.29 is 8.42 Å². The van der Waals surface area contributed by atoms with Crippen molar-refractivity contribution in [2.45, 2.75) is 18.2 Å². The van der Waals surface area contributed by atoms with Crippen LogP contribution >= 0.6 is 11.6 Å². The fourth-order valence-corrected chi connectivity index (χ4v) is 4.03. The van der Waals surface area contributed by atoms with Crippen LogP contribution in [0.3, 0.4) is 0 Å². The van der Waals surface area contributed by atoms with Crippen LogP contribution in [0.1, 0.15) is 12.0 Å². The molecule has 1 saturated heterocycles. The predicted molar refractivity (Wildman–Crippen MR) is 85.7 cm³/mol. The Morgan fingerprint density at radius 2 is 2.05 bits per heavy atom. The summed E-state index contributed by atoms with van der Waals surface area (Å²) in [7, 11) is -3.45. The molecule has 2 N–H and O–H groups in total. The lowest BCUT2D eigenvalue weighted by atomic mass is 10.0. The molecule has 0 radical (unpaired) electrons. The number of sulfonamides is 1. The highest BCUT2D eigenvalue weighted by atomic mass is 35.5. The number of rotatable bonds is 3. The minimum absolute atomic E-state index is 0.456. The molecular formula is C15H17ClN2O2S. The van der Waals surface area contributed by atoms with Crippen LogP contribution in [0.15, 0.2) is 36.4 Å². The first kappa shape index (κ1) is 14.8. The molecular weight excluding hydrogens is 308 g/mol. The molecule has 1 heterocycles. The second-order valence-electron chi connectivity index (χ2n) is 5.52. The van der Waals surface area contributed by atoms with Gasteiger partial charge in [-0.2, -0.15) is 0 Å². The lowest BCUT2D eigenvalue weighted by Crippen LogP contribution is -2.31. The van der Waals surface area contributed by atoms with E-state index < -0.39 is 15.3 Å². The normalized spacial score (nSPS) is 20.2. The van der Waals surface area contributed by atoms with Gasteiger partial charge in [-0.05, 0) is 41.4 Å². The zero-order chi connectivity index (χ0) is 15.0. The molecule has 0 spiro atoms. The molecule has 0 aromatic heterocycles. The van der Waals surface area contributed by atoms with Crippen molar-refractivity contribution in [2.75, 3.05) is 13.1 Å². The van der Waals surface area contributed by atoms with Crippen LogP contribution in [0.5, 0.6) is 0 Å². The molecule has 1 atom stereocenters. The Labute approximate surface area is 129 Å². The third kappa shape index (κ3) is 3.21. The number of hydrogen-bond acceptors (Lipinski definition) is 3. The topological polar surface area (TPSA) is 63.4 Å². The molecule has 2 aromatic rings. The molecule has 4 nitrogen and oxygen atoms in total. The molecule has 21 heavy (non-hydrogen) atoms. The molecule has 0 amide bonds. The summed E-state index contributed by atoms with van der Waals surface area (Å²) in [5.41, 5.74) is 1.12. The molecule has 6 heteroatoms. The first-order chi connectivity index (χ1) is 9.93. The Morgan fingerprint density at radius 1 is 1.29 bits per heavy atom. The van der Waals surface area contributed by atoms with Crippen LogP contribution < -0.4 is 5.14 Å². The summed E-state index contributed by atoms with van der Waals surface area (Å²) in [5, 5.41) is 7.73. The van der Waals surface area contributed by atoms with Gasteiger partial charge in [0.2, 0.25) is 10.0 Å². The maximum absolute atomic E-state index is 11.4. The number of nitrogens with two attached hydrogens (primary N) is 1. The first-order valence-electron chi connectivity index (χ1n) is 6.84. The van der Waals surface area contributed by atoms with Gasteiger partial charge >= 0.3 is 0 Å². The van der Waals surface area contributed by atoms with Gasteiger partial charge in [0.05, 0.1) is 5.25 Å².